The van der Waals surface area contributed by atoms with E-state index in [-0.39, 0.29) is 12.0 Å². The Morgan fingerprint density at radius 1 is 0.927 bits per heavy atom. The monoisotopic (exact) mass is 556 g/mol. The van der Waals surface area contributed by atoms with Gasteiger partial charge in [0.25, 0.3) is 0 Å². The van der Waals surface area contributed by atoms with Crippen LogP contribution in [0.5, 0.6) is 0 Å². The van der Waals surface area contributed by atoms with E-state index in [0.717, 1.165) is 74.6 Å². The average molecular weight is 557 g/mol. The molecule has 2 fully saturated rings. The smallest absolute Gasteiger partial charge is 0.411 e. The molecule has 0 radical (unpaired) electrons. The van der Waals surface area contributed by atoms with E-state index in [4.69, 9.17) is 9.47 Å². The van der Waals surface area contributed by atoms with Gasteiger partial charge >= 0.3 is 6.09 Å². The molecule has 0 unspecified atom stereocenters. The van der Waals surface area contributed by atoms with Gasteiger partial charge in [-0.3, -0.25) is 10.1 Å². The van der Waals surface area contributed by atoms with Crippen molar-refractivity contribution < 1.29 is 19.1 Å². The molecule has 0 spiro atoms. The van der Waals surface area contributed by atoms with Crippen LogP contribution in [-0.2, 0) is 20.8 Å². The van der Waals surface area contributed by atoms with E-state index in [2.05, 4.69) is 39.4 Å². The van der Waals surface area contributed by atoms with Crippen LogP contribution in [0.15, 0.2) is 78.9 Å². The molecule has 8 nitrogen and oxygen atoms in total. The molecule has 0 saturated carbocycles. The summed E-state index contributed by atoms with van der Waals surface area (Å²) in [4.78, 5) is 32.0. The number of nitrogens with zero attached hydrogens (tertiary/aromatic N) is 3. The third-order valence-corrected chi connectivity index (χ3v) is 7.83. The SMILES string of the molecule is CN(Cc1cccc(N2CCOCC2)c1)C(=O)CCN1CCC(OC(=O)Nc2ccccc2-c2ccccc2)CC1. The number of benzene rings is 3. The van der Waals surface area contributed by atoms with Gasteiger partial charge in [-0.1, -0.05) is 60.7 Å². The Hall–Kier alpha value is -3.88. The highest BCUT2D eigenvalue weighted by molar-refractivity contribution is 5.91. The molecule has 0 bridgehead atoms. The first kappa shape index (κ1) is 28.6. The molecule has 216 valence electrons. The molecule has 3 aromatic carbocycles. The highest BCUT2D eigenvalue weighted by atomic mass is 16.6. The van der Waals surface area contributed by atoms with Crippen molar-refractivity contribution in [2.75, 3.05) is 63.2 Å². The number of likely N-dealkylation sites (tertiary alicyclic amines) is 1. The molecular formula is C33H40N4O4. The number of carbonyl (C=O) groups is 2. The number of rotatable bonds is 9. The molecule has 5 rings (SSSR count). The van der Waals surface area contributed by atoms with Crippen LogP contribution in [0.25, 0.3) is 11.1 Å². The van der Waals surface area contributed by atoms with Gasteiger partial charge in [0, 0.05) is 64.0 Å². The molecule has 41 heavy (non-hydrogen) atoms. The van der Waals surface area contributed by atoms with Crippen molar-refractivity contribution >= 4 is 23.4 Å². The lowest BCUT2D eigenvalue weighted by Gasteiger charge is -2.32. The summed E-state index contributed by atoms with van der Waals surface area (Å²) >= 11 is 0. The lowest BCUT2D eigenvalue weighted by molar-refractivity contribution is -0.130. The van der Waals surface area contributed by atoms with Crippen LogP contribution >= 0.6 is 0 Å². The lowest BCUT2D eigenvalue weighted by atomic mass is 10.0. The molecule has 3 aromatic rings. The Kier molecular flexibility index (Phi) is 9.88. The van der Waals surface area contributed by atoms with Gasteiger partial charge in [-0.2, -0.15) is 0 Å². The number of amides is 2. The molecule has 2 amide bonds. The fraction of sp³-hybridized carbons (Fsp3) is 0.394. The van der Waals surface area contributed by atoms with Gasteiger partial charge in [0.1, 0.15) is 6.10 Å². The average Bonchev–Trinajstić information content (AvgIpc) is 3.02. The minimum absolute atomic E-state index is 0.132. The Bertz CT molecular complexity index is 1290. The second-order valence-electron chi connectivity index (χ2n) is 10.8. The Morgan fingerprint density at radius 3 is 2.44 bits per heavy atom. The quantitative estimate of drug-likeness (QED) is 0.388. The third-order valence-electron chi connectivity index (χ3n) is 7.83. The normalized spacial score (nSPS) is 16.3. The number of anilines is 2. The van der Waals surface area contributed by atoms with E-state index in [9.17, 15) is 9.59 Å². The van der Waals surface area contributed by atoms with Gasteiger partial charge in [0.2, 0.25) is 5.91 Å². The van der Waals surface area contributed by atoms with Crippen LogP contribution in [0.2, 0.25) is 0 Å². The highest BCUT2D eigenvalue weighted by Crippen LogP contribution is 2.28. The molecule has 0 aromatic heterocycles. The molecule has 2 heterocycles. The molecule has 1 N–H and O–H groups in total. The standard InChI is InChI=1S/C33H40N4O4/c1-35(25-26-8-7-11-28(24-26)37-20-22-40-23-21-37)32(38)16-19-36-17-14-29(15-18-36)41-33(39)34-31-13-6-5-12-30(31)27-9-3-2-4-10-27/h2-13,24,29H,14-23,25H2,1H3,(H,34,39). The molecule has 2 saturated heterocycles. The summed E-state index contributed by atoms with van der Waals surface area (Å²) in [6.07, 6.45) is 1.42. The zero-order valence-electron chi connectivity index (χ0n) is 23.8. The number of hydrogen-bond acceptors (Lipinski definition) is 6. The first-order chi connectivity index (χ1) is 20.0. The second-order valence-corrected chi connectivity index (χ2v) is 10.8. The Labute approximate surface area is 242 Å². The third kappa shape index (κ3) is 8.08. The van der Waals surface area contributed by atoms with Crippen molar-refractivity contribution in [1.29, 1.82) is 0 Å². The molecule has 0 aliphatic carbocycles. The number of ether oxygens (including phenoxy) is 2. The van der Waals surface area contributed by atoms with Gasteiger partial charge < -0.3 is 24.2 Å². The minimum atomic E-state index is -0.429. The van der Waals surface area contributed by atoms with Crippen molar-refractivity contribution in [3.8, 4) is 11.1 Å². The van der Waals surface area contributed by atoms with E-state index in [0.29, 0.717) is 19.5 Å². The molecule has 2 aliphatic heterocycles. The van der Waals surface area contributed by atoms with Gasteiger partial charge in [0.05, 0.1) is 18.9 Å². The second kappa shape index (κ2) is 14.1. The summed E-state index contributed by atoms with van der Waals surface area (Å²) in [7, 11) is 1.87. The summed E-state index contributed by atoms with van der Waals surface area (Å²) in [6, 6.07) is 26.2. The summed E-state index contributed by atoms with van der Waals surface area (Å²) in [5.41, 5.74) is 5.05. The lowest BCUT2D eigenvalue weighted by Crippen LogP contribution is -2.40. The predicted octanol–water partition coefficient (Wildman–Crippen LogP) is 5.25. The van der Waals surface area contributed by atoms with E-state index < -0.39 is 6.09 Å². The van der Waals surface area contributed by atoms with E-state index >= 15 is 0 Å². The molecule has 0 atom stereocenters. The van der Waals surface area contributed by atoms with Crippen molar-refractivity contribution in [3.63, 3.8) is 0 Å². The topological polar surface area (TPSA) is 74.3 Å². The summed E-state index contributed by atoms with van der Waals surface area (Å²) < 4.78 is 11.2. The maximum Gasteiger partial charge on any atom is 0.411 e. The van der Waals surface area contributed by atoms with Crippen LogP contribution in [0.3, 0.4) is 0 Å². The van der Waals surface area contributed by atoms with Gasteiger partial charge in [0.15, 0.2) is 0 Å². The van der Waals surface area contributed by atoms with Gasteiger partial charge in [-0.05, 0) is 42.2 Å². The zero-order chi connectivity index (χ0) is 28.4. The van der Waals surface area contributed by atoms with E-state index in [1.165, 1.54) is 5.69 Å². The first-order valence-corrected chi connectivity index (χ1v) is 14.6. The summed E-state index contributed by atoms with van der Waals surface area (Å²) in [6.45, 7) is 6.20. The van der Waals surface area contributed by atoms with Crippen molar-refractivity contribution in [3.05, 3.63) is 84.4 Å². The Balaban J connectivity index is 1.03. The van der Waals surface area contributed by atoms with Crippen molar-refractivity contribution in [1.82, 2.24) is 9.80 Å². The van der Waals surface area contributed by atoms with Crippen LogP contribution in [-0.4, -0.2) is 80.9 Å². The van der Waals surface area contributed by atoms with E-state index in [1.807, 2.05) is 66.5 Å². The molecular weight excluding hydrogens is 516 g/mol. The minimum Gasteiger partial charge on any atom is -0.446 e. The largest absolute Gasteiger partial charge is 0.446 e. The number of nitrogens with one attached hydrogen (secondary N) is 1. The number of para-hydroxylation sites is 1. The summed E-state index contributed by atoms with van der Waals surface area (Å²) in [5.74, 6) is 0.136. The maximum atomic E-state index is 12.9. The Morgan fingerprint density at radius 2 is 1.66 bits per heavy atom. The zero-order valence-corrected chi connectivity index (χ0v) is 23.8. The number of piperidine rings is 1. The fourth-order valence-electron chi connectivity index (χ4n) is 5.48. The highest BCUT2D eigenvalue weighted by Gasteiger charge is 2.23. The number of carbonyl (C=O) groups excluding carboxylic acids is 2. The van der Waals surface area contributed by atoms with Crippen LogP contribution < -0.4 is 10.2 Å². The first-order valence-electron chi connectivity index (χ1n) is 14.6. The fourth-order valence-corrected chi connectivity index (χ4v) is 5.48. The van der Waals surface area contributed by atoms with Crippen LogP contribution in [0.1, 0.15) is 24.8 Å². The van der Waals surface area contributed by atoms with Gasteiger partial charge in [-0.15, -0.1) is 0 Å². The van der Waals surface area contributed by atoms with Gasteiger partial charge in [-0.25, -0.2) is 4.79 Å². The van der Waals surface area contributed by atoms with E-state index in [1.54, 1.807) is 0 Å². The molecule has 2 aliphatic rings. The summed E-state index contributed by atoms with van der Waals surface area (Å²) in [5, 5.41) is 2.93. The number of hydrogen-bond donors (Lipinski definition) is 1. The maximum absolute atomic E-state index is 12.9. The number of morpholine rings is 1. The predicted molar refractivity (Wildman–Crippen MR) is 162 cm³/mol. The van der Waals surface area contributed by atoms with Crippen LogP contribution in [0.4, 0.5) is 16.2 Å². The van der Waals surface area contributed by atoms with Crippen LogP contribution in [0, 0.1) is 0 Å². The molecule has 8 heteroatoms. The van der Waals surface area contributed by atoms with Crippen molar-refractivity contribution in [2.24, 2.45) is 0 Å². The van der Waals surface area contributed by atoms with Crippen molar-refractivity contribution in [2.45, 2.75) is 31.9 Å².